The molecular weight excluding hydrogens is 301 g/mol. The Labute approximate surface area is 110 Å². The SMILES string of the molecule is NS(=O)(=O)c1ccc(-c2ccc(C(F)(F)F)nc2)s1. The van der Waals surface area contributed by atoms with Gasteiger partial charge in [0.15, 0.2) is 0 Å². The van der Waals surface area contributed by atoms with Crippen LogP contribution >= 0.6 is 11.3 Å². The highest BCUT2D eigenvalue weighted by Crippen LogP contribution is 2.32. The third kappa shape index (κ3) is 3.11. The maximum absolute atomic E-state index is 12.3. The molecule has 0 amide bonds. The van der Waals surface area contributed by atoms with Crippen LogP contribution < -0.4 is 5.14 Å². The lowest BCUT2D eigenvalue weighted by molar-refractivity contribution is -0.141. The van der Waals surface area contributed by atoms with Gasteiger partial charge in [-0.25, -0.2) is 13.6 Å². The van der Waals surface area contributed by atoms with E-state index in [-0.39, 0.29) is 4.21 Å². The van der Waals surface area contributed by atoms with Gasteiger partial charge in [-0.1, -0.05) is 0 Å². The highest BCUT2D eigenvalue weighted by atomic mass is 32.2. The molecule has 0 radical (unpaired) electrons. The third-order valence-electron chi connectivity index (χ3n) is 2.20. The molecule has 0 unspecified atom stereocenters. The van der Waals surface area contributed by atoms with Crippen molar-refractivity contribution < 1.29 is 21.6 Å². The van der Waals surface area contributed by atoms with Crippen molar-refractivity contribution in [2.45, 2.75) is 10.4 Å². The molecule has 2 heterocycles. The van der Waals surface area contributed by atoms with Gasteiger partial charge in [0.25, 0.3) is 0 Å². The van der Waals surface area contributed by atoms with Gasteiger partial charge in [-0.2, -0.15) is 13.2 Å². The van der Waals surface area contributed by atoms with Crippen molar-refractivity contribution in [3.63, 3.8) is 0 Å². The Balaban J connectivity index is 2.36. The summed E-state index contributed by atoms with van der Waals surface area (Å²) >= 11 is 0.872. The molecule has 0 aliphatic carbocycles. The van der Waals surface area contributed by atoms with Gasteiger partial charge in [0, 0.05) is 16.6 Å². The van der Waals surface area contributed by atoms with Crippen LogP contribution in [-0.4, -0.2) is 13.4 Å². The molecule has 2 aromatic rings. The van der Waals surface area contributed by atoms with Gasteiger partial charge in [0.1, 0.15) is 9.90 Å². The summed E-state index contributed by atoms with van der Waals surface area (Å²) in [6.07, 6.45) is -3.46. The number of nitrogens with zero attached hydrogens (tertiary/aromatic N) is 1. The zero-order chi connectivity index (χ0) is 14.3. The standard InChI is InChI=1S/C10H7F3N2O2S2/c11-10(12,13)8-3-1-6(5-15-8)7-2-4-9(18-7)19(14,16)17/h1-5H,(H2,14,16,17). The van der Waals surface area contributed by atoms with E-state index in [0.717, 1.165) is 23.6 Å². The molecule has 0 aromatic carbocycles. The van der Waals surface area contributed by atoms with E-state index in [9.17, 15) is 21.6 Å². The molecule has 2 rings (SSSR count). The Kier molecular flexibility index (Phi) is 3.37. The van der Waals surface area contributed by atoms with Crippen molar-refractivity contribution in [2.24, 2.45) is 5.14 Å². The normalized spacial score (nSPS) is 12.6. The molecule has 2 aromatic heterocycles. The molecule has 0 aliphatic rings. The first-order chi connectivity index (χ1) is 8.68. The van der Waals surface area contributed by atoms with Crippen molar-refractivity contribution in [2.75, 3.05) is 0 Å². The van der Waals surface area contributed by atoms with Crippen LogP contribution in [0.5, 0.6) is 0 Å². The molecule has 0 fully saturated rings. The number of pyridine rings is 1. The summed E-state index contributed by atoms with van der Waals surface area (Å²) in [4.78, 5) is 3.78. The zero-order valence-corrected chi connectivity index (χ0v) is 10.8. The minimum Gasteiger partial charge on any atom is -0.251 e. The maximum atomic E-state index is 12.3. The van der Waals surface area contributed by atoms with Crippen LogP contribution in [0.25, 0.3) is 10.4 Å². The molecule has 9 heteroatoms. The molecule has 4 nitrogen and oxygen atoms in total. The fourth-order valence-electron chi connectivity index (χ4n) is 1.34. The minimum atomic E-state index is -4.50. The van der Waals surface area contributed by atoms with Crippen molar-refractivity contribution in [3.8, 4) is 10.4 Å². The Bertz CT molecular complexity index is 690. The van der Waals surface area contributed by atoms with Crippen molar-refractivity contribution >= 4 is 21.4 Å². The summed E-state index contributed by atoms with van der Waals surface area (Å²) in [5, 5.41) is 4.95. The average molecular weight is 308 g/mol. The highest BCUT2D eigenvalue weighted by molar-refractivity contribution is 7.91. The number of nitrogens with two attached hydrogens (primary N) is 1. The van der Waals surface area contributed by atoms with Crippen LogP contribution in [0.15, 0.2) is 34.7 Å². The smallest absolute Gasteiger partial charge is 0.251 e. The van der Waals surface area contributed by atoms with E-state index >= 15 is 0 Å². The van der Waals surface area contributed by atoms with Crippen LogP contribution in [0.4, 0.5) is 13.2 Å². The molecule has 0 saturated carbocycles. The molecule has 102 valence electrons. The number of rotatable bonds is 2. The monoisotopic (exact) mass is 308 g/mol. The molecule has 0 saturated heterocycles. The predicted molar refractivity (Wildman–Crippen MR) is 63.9 cm³/mol. The van der Waals surface area contributed by atoms with Gasteiger partial charge in [-0.3, -0.25) is 4.98 Å². The number of alkyl halides is 3. The summed E-state index contributed by atoms with van der Waals surface area (Å²) in [5.41, 5.74) is -0.604. The van der Waals surface area contributed by atoms with Crippen LogP contribution in [-0.2, 0) is 16.2 Å². The lowest BCUT2D eigenvalue weighted by atomic mass is 10.2. The maximum Gasteiger partial charge on any atom is 0.433 e. The van der Waals surface area contributed by atoms with Gasteiger partial charge in [0.05, 0.1) is 0 Å². The molecular formula is C10H7F3N2O2S2. The first kappa shape index (κ1) is 14.0. The second-order valence-electron chi connectivity index (χ2n) is 3.59. The lowest BCUT2D eigenvalue weighted by Gasteiger charge is -2.05. The predicted octanol–water partition coefficient (Wildman–Crippen LogP) is 2.48. The Morgan fingerprint density at radius 3 is 2.26 bits per heavy atom. The van der Waals surface area contributed by atoms with E-state index in [1.165, 1.54) is 18.2 Å². The Hall–Kier alpha value is -1.45. The van der Waals surface area contributed by atoms with Gasteiger partial charge >= 0.3 is 6.18 Å². The summed E-state index contributed by atoms with van der Waals surface area (Å²) < 4.78 is 59.1. The molecule has 0 spiro atoms. The number of hydrogen-bond donors (Lipinski definition) is 1. The summed E-state index contributed by atoms with van der Waals surface area (Å²) in [5.74, 6) is 0. The lowest BCUT2D eigenvalue weighted by Crippen LogP contribution is -2.09. The van der Waals surface area contributed by atoms with Gasteiger partial charge in [0.2, 0.25) is 10.0 Å². The number of halogens is 3. The van der Waals surface area contributed by atoms with Gasteiger partial charge in [-0.15, -0.1) is 11.3 Å². The van der Waals surface area contributed by atoms with E-state index in [0.29, 0.717) is 10.4 Å². The van der Waals surface area contributed by atoms with E-state index in [2.05, 4.69) is 4.98 Å². The fourth-order valence-corrected chi connectivity index (χ4v) is 3.05. The molecule has 0 atom stereocenters. The number of aromatic nitrogens is 1. The third-order valence-corrected chi connectivity index (χ3v) is 4.77. The fraction of sp³-hybridized carbons (Fsp3) is 0.100. The first-order valence-corrected chi connectivity index (χ1v) is 7.20. The molecule has 19 heavy (non-hydrogen) atoms. The Morgan fingerprint density at radius 1 is 1.16 bits per heavy atom. The van der Waals surface area contributed by atoms with E-state index in [1.54, 1.807) is 0 Å². The average Bonchev–Trinajstić information content (AvgIpc) is 2.77. The minimum absolute atomic E-state index is 0.0533. The largest absolute Gasteiger partial charge is 0.433 e. The van der Waals surface area contributed by atoms with Crippen molar-refractivity contribution in [3.05, 3.63) is 36.2 Å². The van der Waals surface area contributed by atoms with Crippen LogP contribution in [0.1, 0.15) is 5.69 Å². The quantitative estimate of drug-likeness (QED) is 0.926. The Morgan fingerprint density at radius 2 is 1.84 bits per heavy atom. The second-order valence-corrected chi connectivity index (χ2v) is 6.47. The second kappa shape index (κ2) is 4.58. The van der Waals surface area contributed by atoms with E-state index in [1.807, 2.05) is 0 Å². The number of sulfonamides is 1. The number of hydrogen-bond acceptors (Lipinski definition) is 4. The van der Waals surface area contributed by atoms with E-state index < -0.39 is 21.9 Å². The molecule has 2 N–H and O–H groups in total. The van der Waals surface area contributed by atoms with Gasteiger partial charge < -0.3 is 0 Å². The topological polar surface area (TPSA) is 73.1 Å². The first-order valence-electron chi connectivity index (χ1n) is 4.84. The summed E-state index contributed by atoms with van der Waals surface area (Å²) in [7, 11) is -3.80. The summed E-state index contributed by atoms with van der Waals surface area (Å²) in [6, 6.07) is 4.84. The molecule has 0 aliphatic heterocycles. The van der Waals surface area contributed by atoms with Crippen molar-refractivity contribution in [1.29, 1.82) is 0 Å². The van der Waals surface area contributed by atoms with Crippen LogP contribution in [0.3, 0.4) is 0 Å². The van der Waals surface area contributed by atoms with E-state index in [4.69, 9.17) is 5.14 Å². The zero-order valence-electron chi connectivity index (χ0n) is 9.18. The van der Waals surface area contributed by atoms with Crippen molar-refractivity contribution in [1.82, 2.24) is 4.98 Å². The number of primary sulfonamides is 1. The highest BCUT2D eigenvalue weighted by Gasteiger charge is 2.32. The van der Waals surface area contributed by atoms with Gasteiger partial charge in [-0.05, 0) is 24.3 Å². The van der Waals surface area contributed by atoms with Crippen LogP contribution in [0, 0.1) is 0 Å². The number of thiophene rings is 1. The van der Waals surface area contributed by atoms with Crippen LogP contribution in [0.2, 0.25) is 0 Å². The summed E-state index contributed by atoms with van der Waals surface area (Å²) in [6.45, 7) is 0. The molecule has 0 bridgehead atoms.